The number of carbonyl (C=O) groups excluding carboxylic acids is 1. The Hall–Kier alpha value is -0.810. The van der Waals surface area contributed by atoms with E-state index in [1.165, 1.54) is 25.7 Å². The maximum absolute atomic E-state index is 12.6. The van der Waals surface area contributed by atoms with Gasteiger partial charge in [-0.3, -0.25) is 4.79 Å². The fourth-order valence-corrected chi connectivity index (χ4v) is 3.93. The van der Waals surface area contributed by atoms with E-state index in [0.29, 0.717) is 0 Å². The molecule has 0 spiro atoms. The van der Waals surface area contributed by atoms with Gasteiger partial charge in [-0.25, -0.2) is 0 Å². The van der Waals surface area contributed by atoms with Crippen LogP contribution >= 0.6 is 24.8 Å². The van der Waals surface area contributed by atoms with Crippen LogP contribution in [0.2, 0.25) is 0 Å². The lowest BCUT2D eigenvalue weighted by Gasteiger charge is -2.37. The summed E-state index contributed by atoms with van der Waals surface area (Å²) in [5, 5.41) is 3.18. The smallest absolute Gasteiger partial charge is 0.244 e. The quantitative estimate of drug-likeness (QED) is 0.833. The normalized spacial score (nSPS) is 21.7. The van der Waals surface area contributed by atoms with Gasteiger partial charge >= 0.3 is 0 Å². The number of hydrogen-bond donors (Lipinski definition) is 2. The van der Waals surface area contributed by atoms with Crippen LogP contribution < -0.4 is 11.1 Å². The number of nitrogens with zero attached hydrogens (tertiary/aromatic N) is 1. The molecule has 1 heterocycles. The summed E-state index contributed by atoms with van der Waals surface area (Å²) in [6.45, 7) is 4.00. The summed E-state index contributed by atoms with van der Waals surface area (Å²) in [5.41, 5.74) is 6.20. The van der Waals surface area contributed by atoms with E-state index in [4.69, 9.17) is 5.73 Å². The standard InChI is InChI=1S/C19H29N3O.2ClH/c1-19(20,15-7-3-2-4-8-15)18(23)21-16-11-13-22(14-12-16)17-9-5-6-10-17;;/h2-4,7-8,16-17H,5-6,9-14,20H2,1H3,(H,21,23);2*1H. The lowest BCUT2D eigenvalue weighted by molar-refractivity contribution is -0.127. The number of piperidine rings is 1. The van der Waals surface area contributed by atoms with Crippen LogP contribution in [0.15, 0.2) is 30.3 Å². The highest BCUT2D eigenvalue weighted by atomic mass is 35.5. The number of halogens is 2. The van der Waals surface area contributed by atoms with Gasteiger partial charge in [0.2, 0.25) is 5.91 Å². The molecule has 2 aliphatic rings. The minimum atomic E-state index is -0.968. The van der Waals surface area contributed by atoms with Gasteiger partial charge in [0, 0.05) is 25.2 Å². The number of carbonyl (C=O) groups is 1. The van der Waals surface area contributed by atoms with Crippen molar-refractivity contribution in [3.8, 4) is 0 Å². The van der Waals surface area contributed by atoms with Gasteiger partial charge in [0.15, 0.2) is 0 Å². The first-order chi connectivity index (χ1) is 11.1. The molecule has 1 aromatic rings. The first-order valence-corrected chi connectivity index (χ1v) is 8.97. The number of benzene rings is 1. The third-order valence-electron chi connectivity index (χ3n) is 5.55. The summed E-state index contributed by atoms with van der Waals surface area (Å²) in [4.78, 5) is 15.2. The summed E-state index contributed by atoms with van der Waals surface area (Å²) in [5.74, 6) is -0.0667. The Morgan fingerprint density at radius 1 is 1.08 bits per heavy atom. The van der Waals surface area contributed by atoms with E-state index in [1.54, 1.807) is 6.92 Å². The van der Waals surface area contributed by atoms with Gasteiger partial charge < -0.3 is 16.0 Å². The molecule has 1 aromatic carbocycles. The molecule has 3 rings (SSSR count). The molecule has 1 atom stereocenters. The van der Waals surface area contributed by atoms with E-state index in [9.17, 15) is 4.79 Å². The zero-order valence-corrected chi connectivity index (χ0v) is 16.6. The number of amides is 1. The van der Waals surface area contributed by atoms with Crippen molar-refractivity contribution in [2.75, 3.05) is 13.1 Å². The van der Waals surface area contributed by atoms with Crippen molar-refractivity contribution in [1.29, 1.82) is 0 Å². The maximum atomic E-state index is 12.6. The van der Waals surface area contributed by atoms with Crippen molar-refractivity contribution in [2.24, 2.45) is 5.73 Å². The number of nitrogens with two attached hydrogens (primary N) is 1. The predicted octanol–water partition coefficient (Wildman–Crippen LogP) is 3.23. The highest BCUT2D eigenvalue weighted by Crippen LogP contribution is 2.26. The van der Waals surface area contributed by atoms with Crippen LogP contribution in [-0.2, 0) is 10.3 Å². The van der Waals surface area contributed by atoms with Crippen molar-refractivity contribution in [3.05, 3.63) is 35.9 Å². The van der Waals surface area contributed by atoms with E-state index in [2.05, 4.69) is 10.2 Å². The Bertz CT molecular complexity index is 525. The van der Waals surface area contributed by atoms with Crippen LogP contribution in [-0.4, -0.2) is 36.0 Å². The zero-order chi connectivity index (χ0) is 16.3. The van der Waals surface area contributed by atoms with E-state index >= 15 is 0 Å². The third kappa shape index (κ3) is 5.33. The Kier molecular flexibility index (Phi) is 8.69. The van der Waals surface area contributed by atoms with Crippen LogP contribution in [0.5, 0.6) is 0 Å². The average Bonchev–Trinajstić information content (AvgIpc) is 3.11. The monoisotopic (exact) mass is 387 g/mol. The molecule has 25 heavy (non-hydrogen) atoms. The molecule has 0 radical (unpaired) electrons. The molecule has 1 aliphatic heterocycles. The second-order valence-electron chi connectivity index (χ2n) is 7.29. The topological polar surface area (TPSA) is 58.4 Å². The Morgan fingerprint density at radius 2 is 1.64 bits per heavy atom. The van der Waals surface area contributed by atoms with Crippen LogP contribution in [0.25, 0.3) is 0 Å². The summed E-state index contributed by atoms with van der Waals surface area (Å²) in [7, 11) is 0. The van der Waals surface area contributed by atoms with Crippen molar-refractivity contribution in [3.63, 3.8) is 0 Å². The van der Waals surface area contributed by atoms with E-state index < -0.39 is 5.54 Å². The van der Waals surface area contributed by atoms with Gasteiger partial charge in [0.05, 0.1) is 0 Å². The Labute approximate surface area is 163 Å². The predicted molar refractivity (Wildman–Crippen MR) is 107 cm³/mol. The van der Waals surface area contributed by atoms with Crippen molar-refractivity contribution in [2.45, 2.75) is 63.1 Å². The van der Waals surface area contributed by atoms with Crippen LogP contribution in [0.4, 0.5) is 0 Å². The summed E-state index contributed by atoms with van der Waals surface area (Å²) in [6.07, 6.45) is 7.53. The number of likely N-dealkylation sites (tertiary alicyclic amines) is 1. The van der Waals surface area contributed by atoms with Crippen LogP contribution in [0.1, 0.15) is 51.0 Å². The van der Waals surface area contributed by atoms with E-state index in [0.717, 1.165) is 37.5 Å². The lowest BCUT2D eigenvalue weighted by Crippen LogP contribution is -2.54. The Morgan fingerprint density at radius 3 is 2.20 bits per heavy atom. The Balaban J connectivity index is 0.00000156. The van der Waals surface area contributed by atoms with Gasteiger partial charge in [-0.2, -0.15) is 0 Å². The summed E-state index contributed by atoms with van der Waals surface area (Å²) in [6, 6.07) is 10.7. The van der Waals surface area contributed by atoms with Gasteiger partial charge in [-0.05, 0) is 38.2 Å². The SMILES string of the molecule is CC(N)(C(=O)NC1CCN(C2CCCC2)CC1)c1ccccc1.Cl.Cl. The largest absolute Gasteiger partial charge is 0.351 e. The average molecular weight is 388 g/mol. The maximum Gasteiger partial charge on any atom is 0.244 e. The second-order valence-corrected chi connectivity index (χ2v) is 7.29. The molecular formula is C19H31Cl2N3O. The molecule has 1 unspecified atom stereocenters. The third-order valence-corrected chi connectivity index (χ3v) is 5.55. The summed E-state index contributed by atoms with van der Waals surface area (Å²) < 4.78 is 0. The van der Waals surface area contributed by atoms with Gasteiger partial charge in [-0.1, -0.05) is 43.2 Å². The fraction of sp³-hybridized carbons (Fsp3) is 0.632. The molecule has 6 heteroatoms. The molecule has 142 valence electrons. The molecule has 1 aliphatic carbocycles. The minimum Gasteiger partial charge on any atom is -0.351 e. The molecule has 4 nitrogen and oxygen atoms in total. The highest BCUT2D eigenvalue weighted by Gasteiger charge is 2.33. The van der Waals surface area contributed by atoms with Crippen LogP contribution in [0, 0.1) is 0 Å². The molecule has 0 bridgehead atoms. The van der Waals surface area contributed by atoms with Gasteiger partial charge in [0.25, 0.3) is 0 Å². The number of rotatable bonds is 4. The van der Waals surface area contributed by atoms with E-state index in [1.807, 2.05) is 30.3 Å². The van der Waals surface area contributed by atoms with Gasteiger partial charge in [0.1, 0.15) is 5.54 Å². The molecule has 1 saturated carbocycles. The molecule has 2 fully saturated rings. The van der Waals surface area contributed by atoms with Crippen LogP contribution in [0.3, 0.4) is 0 Å². The zero-order valence-electron chi connectivity index (χ0n) is 14.9. The van der Waals surface area contributed by atoms with Crippen molar-refractivity contribution in [1.82, 2.24) is 10.2 Å². The number of hydrogen-bond acceptors (Lipinski definition) is 3. The molecule has 3 N–H and O–H groups in total. The summed E-state index contributed by atoms with van der Waals surface area (Å²) >= 11 is 0. The van der Waals surface area contributed by atoms with E-state index in [-0.39, 0.29) is 36.8 Å². The molecule has 1 amide bonds. The first-order valence-electron chi connectivity index (χ1n) is 8.97. The minimum absolute atomic E-state index is 0. The van der Waals surface area contributed by atoms with Crippen molar-refractivity contribution < 1.29 is 4.79 Å². The lowest BCUT2D eigenvalue weighted by atomic mass is 9.91. The second kappa shape index (κ2) is 9.77. The molecule has 0 aromatic heterocycles. The fourth-order valence-electron chi connectivity index (χ4n) is 3.93. The number of nitrogens with one attached hydrogen (secondary N) is 1. The molecular weight excluding hydrogens is 357 g/mol. The van der Waals surface area contributed by atoms with Gasteiger partial charge in [-0.15, -0.1) is 24.8 Å². The first kappa shape index (κ1) is 22.2. The van der Waals surface area contributed by atoms with Crippen molar-refractivity contribution >= 4 is 30.7 Å². The molecule has 1 saturated heterocycles. The highest BCUT2D eigenvalue weighted by molar-refractivity contribution is 5.87.